The summed E-state index contributed by atoms with van der Waals surface area (Å²) in [5.41, 5.74) is 2.54. The van der Waals surface area contributed by atoms with E-state index in [1.54, 1.807) is 12.1 Å². The molecule has 0 aromatic heterocycles. The lowest BCUT2D eigenvalue weighted by atomic mass is 9.55. The number of hydrogen-bond donors (Lipinski definition) is 3. The Morgan fingerprint density at radius 1 is 1.21 bits per heavy atom. The predicted octanol–water partition coefficient (Wildman–Crippen LogP) is 3.38. The third-order valence-corrected chi connectivity index (χ3v) is 7.32. The molecule has 2 saturated carbocycles. The van der Waals surface area contributed by atoms with E-state index in [4.69, 9.17) is 14.3 Å². The van der Waals surface area contributed by atoms with Crippen LogP contribution in [0.5, 0.6) is 5.75 Å². The van der Waals surface area contributed by atoms with Crippen LogP contribution in [0.15, 0.2) is 18.2 Å². The Bertz CT molecular complexity index is 699. The highest BCUT2D eigenvalue weighted by Gasteiger charge is 2.54. The number of rotatable bonds is 2. The van der Waals surface area contributed by atoms with Gasteiger partial charge in [0.15, 0.2) is 0 Å². The second-order valence-electron chi connectivity index (χ2n) is 8.00. The molecule has 3 aliphatic rings. The third kappa shape index (κ3) is 2.62. The summed E-state index contributed by atoms with van der Waals surface area (Å²) in [6, 6.07) is 5.46. The fraction of sp³-hybridized carbons (Fsp3) is 0.667. The third-order valence-electron chi connectivity index (χ3n) is 6.87. The summed E-state index contributed by atoms with van der Waals surface area (Å²) >= 11 is 0. The van der Waals surface area contributed by atoms with Gasteiger partial charge in [-0.05, 0) is 85.0 Å². The number of hydrogen-bond acceptors (Lipinski definition) is 3. The van der Waals surface area contributed by atoms with Gasteiger partial charge in [-0.15, -0.1) is 0 Å². The molecule has 1 aromatic rings. The molecule has 4 rings (SSSR count). The molecule has 6 heteroatoms. The molecule has 1 aromatic carbocycles. The standard InChI is InChI=1S/C18H25O5P/c1-18-9-8-14-13-5-3-12(23-24(20,21)22)10-11(13)2-4-15(14)16(18)6-7-17(18)19/h3,5,10,14-17,19H,2,4,6-9H2,1H3,(H2,20,21,22)/t14-,15-,16-,17-,18+/m0/s1. The second kappa shape index (κ2) is 5.57. The molecule has 3 aliphatic carbocycles. The number of benzene rings is 1. The fourth-order valence-electron chi connectivity index (χ4n) is 5.73. The molecule has 0 spiro atoms. The number of fused-ring (bicyclic) bond motifs is 5. The molecule has 0 radical (unpaired) electrons. The van der Waals surface area contributed by atoms with Crippen molar-refractivity contribution in [3.63, 3.8) is 0 Å². The molecule has 0 unspecified atom stereocenters. The maximum absolute atomic E-state index is 11.0. The van der Waals surface area contributed by atoms with Gasteiger partial charge in [-0.3, -0.25) is 9.79 Å². The van der Waals surface area contributed by atoms with Crippen LogP contribution >= 0.6 is 7.82 Å². The van der Waals surface area contributed by atoms with Crippen LogP contribution in [0.25, 0.3) is 0 Å². The van der Waals surface area contributed by atoms with Crippen molar-refractivity contribution in [1.82, 2.24) is 0 Å². The summed E-state index contributed by atoms with van der Waals surface area (Å²) in [5.74, 6) is 1.95. The van der Waals surface area contributed by atoms with Crippen LogP contribution in [0.4, 0.5) is 0 Å². The molecule has 24 heavy (non-hydrogen) atoms. The first-order chi connectivity index (χ1) is 11.3. The first-order valence-electron chi connectivity index (χ1n) is 8.84. The van der Waals surface area contributed by atoms with Gasteiger partial charge in [0, 0.05) is 0 Å². The maximum Gasteiger partial charge on any atom is 0.524 e. The molecule has 0 saturated heterocycles. The summed E-state index contributed by atoms with van der Waals surface area (Å²) in [5, 5.41) is 10.4. The van der Waals surface area contributed by atoms with Crippen molar-refractivity contribution in [3.05, 3.63) is 29.3 Å². The molecule has 0 amide bonds. The van der Waals surface area contributed by atoms with Gasteiger partial charge in [0.05, 0.1) is 6.10 Å². The Kier molecular flexibility index (Phi) is 3.85. The molecule has 5 nitrogen and oxygen atoms in total. The second-order valence-corrected chi connectivity index (χ2v) is 9.16. The Hall–Kier alpha value is -0.870. The van der Waals surface area contributed by atoms with Gasteiger partial charge in [-0.1, -0.05) is 13.0 Å². The van der Waals surface area contributed by atoms with Crippen molar-refractivity contribution in [2.24, 2.45) is 17.3 Å². The van der Waals surface area contributed by atoms with Crippen LogP contribution in [-0.2, 0) is 11.0 Å². The SMILES string of the molecule is C[C@@]12CC[C@H]3c4ccc(OP(=O)(O)O)cc4CC[C@@H]3[C@@H]1CC[C@@H]2O. The quantitative estimate of drug-likeness (QED) is 0.711. The normalized spacial score (nSPS) is 38.2. The zero-order valence-electron chi connectivity index (χ0n) is 13.9. The largest absolute Gasteiger partial charge is 0.524 e. The van der Waals surface area contributed by atoms with E-state index in [9.17, 15) is 9.67 Å². The molecule has 2 fully saturated rings. The molecule has 3 N–H and O–H groups in total. The monoisotopic (exact) mass is 352 g/mol. The molecular weight excluding hydrogens is 327 g/mol. The summed E-state index contributed by atoms with van der Waals surface area (Å²) in [6.07, 6.45) is 6.02. The molecule has 5 atom stereocenters. The zero-order valence-corrected chi connectivity index (χ0v) is 14.8. The number of phosphoric ester groups is 1. The lowest BCUT2D eigenvalue weighted by molar-refractivity contribution is -0.0226. The Morgan fingerprint density at radius 3 is 2.75 bits per heavy atom. The van der Waals surface area contributed by atoms with Gasteiger partial charge in [0.25, 0.3) is 0 Å². The minimum atomic E-state index is -4.51. The first-order valence-corrected chi connectivity index (χ1v) is 10.4. The fourth-order valence-corrected chi connectivity index (χ4v) is 6.11. The lowest BCUT2D eigenvalue weighted by Gasteiger charge is -2.50. The van der Waals surface area contributed by atoms with Gasteiger partial charge in [0.1, 0.15) is 5.75 Å². The highest BCUT2D eigenvalue weighted by Crippen LogP contribution is 2.61. The van der Waals surface area contributed by atoms with Crippen LogP contribution in [0.2, 0.25) is 0 Å². The Labute approximate surface area is 142 Å². The van der Waals surface area contributed by atoms with E-state index in [1.807, 2.05) is 6.07 Å². The van der Waals surface area contributed by atoms with E-state index in [0.29, 0.717) is 17.8 Å². The van der Waals surface area contributed by atoms with Crippen LogP contribution in [-0.4, -0.2) is 21.0 Å². The predicted molar refractivity (Wildman–Crippen MR) is 89.7 cm³/mol. The smallest absolute Gasteiger partial charge is 0.404 e. The van der Waals surface area contributed by atoms with Crippen molar-refractivity contribution < 1.29 is 24.0 Å². The molecular formula is C18H25O5P. The van der Waals surface area contributed by atoms with Crippen LogP contribution in [0.3, 0.4) is 0 Å². The maximum atomic E-state index is 11.0. The Balaban J connectivity index is 1.62. The summed E-state index contributed by atoms with van der Waals surface area (Å²) < 4.78 is 15.8. The average Bonchev–Trinajstić information content (AvgIpc) is 2.81. The van der Waals surface area contributed by atoms with Crippen molar-refractivity contribution in [2.45, 2.75) is 57.5 Å². The van der Waals surface area contributed by atoms with Crippen LogP contribution < -0.4 is 4.52 Å². The van der Waals surface area contributed by atoms with Crippen LogP contribution in [0, 0.1) is 17.3 Å². The van der Waals surface area contributed by atoms with Gasteiger partial charge in [-0.2, -0.15) is 0 Å². The number of aliphatic hydroxyl groups is 1. The highest BCUT2D eigenvalue weighted by molar-refractivity contribution is 7.46. The van der Waals surface area contributed by atoms with Crippen molar-refractivity contribution in [1.29, 1.82) is 0 Å². The van der Waals surface area contributed by atoms with Crippen molar-refractivity contribution in [3.8, 4) is 5.75 Å². The number of aliphatic hydroxyl groups excluding tert-OH is 1. The summed E-state index contributed by atoms with van der Waals surface area (Å²) in [7, 11) is -4.51. The first kappa shape index (κ1) is 16.6. The molecule has 0 heterocycles. The summed E-state index contributed by atoms with van der Waals surface area (Å²) in [4.78, 5) is 18.0. The number of aryl methyl sites for hydroxylation is 1. The zero-order chi connectivity index (χ0) is 17.1. The van der Waals surface area contributed by atoms with E-state index in [2.05, 4.69) is 6.92 Å². The lowest BCUT2D eigenvalue weighted by Crippen LogP contribution is -2.43. The topological polar surface area (TPSA) is 87.0 Å². The summed E-state index contributed by atoms with van der Waals surface area (Å²) in [6.45, 7) is 2.26. The molecule has 0 bridgehead atoms. The number of phosphoric acid groups is 1. The average molecular weight is 352 g/mol. The van der Waals surface area contributed by atoms with E-state index in [0.717, 1.165) is 44.1 Å². The van der Waals surface area contributed by atoms with Crippen molar-refractivity contribution in [2.75, 3.05) is 0 Å². The van der Waals surface area contributed by atoms with E-state index >= 15 is 0 Å². The van der Waals surface area contributed by atoms with Gasteiger partial charge < -0.3 is 9.63 Å². The molecule has 132 valence electrons. The van der Waals surface area contributed by atoms with E-state index in [1.165, 1.54) is 5.56 Å². The van der Waals surface area contributed by atoms with Gasteiger partial charge in [0.2, 0.25) is 0 Å². The van der Waals surface area contributed by atoms with Gasteiger partial charge >= 0.3 is 7.82 Å². The minimum absolute atomic E-state index is 0.0716. The van der Waals surface area contributed by atoms with Crippen LogP contribution in [0.1, 0.15) is 56.1 Å². The van der Waals surface area contributed by atoms with Crippen molar-refractivity contribution >= 4 is 7.82 Å². The molecule has 0 aliphatic heterocycles. The van der Waals surface area contributed by atoms with E-state index < -0.39 is 7.82 Å². The minimum Gasteiger partial charge on any atom is -0.404 e. The Morgan fingerprint density at radius 2 is 2.00 bits per heavy atom. The van der Waals surface area contributed by atoms with E-state index in [-0.39, 0.29) is 17.3 Å². The highest BCUT2D eigenvalue weighted by atomic mass is 31.2. The van der Waals surface area contributed by atoms with Gasteiger partial charge in [-0.25, -0.2) is 4.57 Å².